The van der Waals surface area contributed by atoms with E-state index in [-0.39, 0.29) is 5.82 Å². The van der Waals surface area contributed by atoms with E-state index >= 15 is 0 Å². The van der Waals surface area contributed by atoms with E-state index in [0.717, 1.165) is 24.2 Å². The SMILES string of the molecule is CC1=C(c2cc(C)n3ncc(F)c3n2)CCC=C1. The molecular weight excluding hydrogens is 229 g/mol. The first kappa shape index (κ1) is 11.1. The van der Waals surface area contributed by atoms with Crippen molar-refractivity contribution in [3.05, 3.63) is 47.2 Å². The lowest BCUT2D eigenvalue weighted by atomic mass is 9.95. The molecule has 0 aromatic carbocycles. The zero-order chi connectivity index (χ0) is 12.7. The molecule has 0 amide bonds. The van der Waals surface area contributed by atoms with Gasteiger partial charge in [-0.3, -0.25) is 0 Å². The predicted octanol–water partition coefficient (Wildman–Crippen LogP) is 3.30. The van der Waals surface area contributed by atoms with Crippen molar-refractivity contribution in [1.29, 1.82) is 0 Å². The van der Waals surface area contributed by atoms with Crippen molar-refractivity contribution in [2.45, 2.75) is 26.7 Å². The lowest BCUT2D eigenvalue weighted by molar-refractivity contribution is 0.635. The summed E-state index contributed by atoms with van der Waals surface area (Å²) in [6, 6.07) is 1.97. The van der Waals surface area contributed by atoms with Crippen LogP contribution in [0.5, 0.6) is 0 Å². The number of hydrogen-bond acceptors (Lipinski definition) is 2. The van der Waals surface area contributed by atoms with E-state index in [2.05, 4.69) is 29.2 Å². The van der Waals surface area contributed by atoms with Crippen LogP contribution in [0.15, 0.2) is 30.0 Å². The maximum Gasteiger partial charge on any atom is 0.192 e. The Kier molecular flexibility index (Phi) is 2.51. The highest BCUT2D eigenvalue weighted by molar-refractivity contribution is 5.70. The molecule has 0 aliphatic heterocycles. The average Bonchev–Trinajstić information content (AvgIpc) is 2.72. The molecule has 0 saturated heterocycles. The summed E-state index contributed by atoms with van der Waals surface area (Å²) in [7, 11) is 0. The van der Waals surface area contributed by atoms with Crippen molar-refractivity contribution in [2.75, 3.05) is 0 Å². The van der Waals surface area contributed by atoms with Gasteiger partial charge in [-0.2, -0.15) is 5.10 Å². The van der Waals surface area contributed by atoms with Crippen molar-refractivity contribution >= 4 is 11.2 Å². The van der Waals surface area contributed by atoms with Crippen LogP contribution in [-0.4, -0.2) is 14.6 Å². The van der Waals surface area contributed by atoms with Gasteiger partial charge >= 0.3 is 0 Å². The summed E-state index contributed by atoms with van der Waals surface area (Å²) < 4.78 is 15.1. The van der Waals surface area contributed by atoms with Crippen LogP contribution in [0.3, 0.4) is 0 Å². The van der Waals surface area contributed by atoms with Crippen LogP contribution in [0.1, 0.15) is 31.2 Å². The van der Waals surface area contributed by atoms with Gasteiger partial charge in [-0.05, 0) is 43.9 Å². The van der Waals surface area contributed by atoms with E-state index < -0.39 is 0 Å². The Morgan fingerprint density at radius 1 is 1.33 bits per heavy atom. The molecule has 3 nitrogen and oxygen atoms in total. The highest BCUT2D eigenvalue weighted by Gasteiger charge is 2.14. The Morgan fingerprint density at radius 3 is 2.94 bits per heavy atom. The maximum absolute atomic E-state index is 13.6. The lowest BCUT2D eigenvalue weighted by Crippen LogP contribution is -2.02. The minimum Gasteiger partial charge on any atom is -0.226 e. The van der Waals surface area contributed by atoms with Crippen molar-refractivity contribution in [1.82, 2.24) is 14.6 Å². The molecule has 0 atom stereocenters. The van der Waals surface area contributed by atoms with E-state index in [1.165, 1.54) is 21.9 Å². The highest BCUT2D eigenvalue weighted by Crippen LogP contribution is 2.28. The zero-order valence-corrected chi connectivity index (χ0v) is 10.4. The molecule has 0 spiro atoms. The quantitative estimate of drug-likeness (QED) is 0.769. The summed E-state index contributed by atoms with van der Waals surface area (Å²) in [5, 5.41) is 3.97. The second kappa shape index (κ2) is 4.05. The van der Waals surface area contributed by atoms with Crippen molar-refractivity contribution in [3.8, 4) is 0 Å². The summed E-state index contributed by atoms with van der Waals surface area (Å²) >= 11 is 0. The number of hydrogen-bond donors (Lipinski definition) is 0. The maximum atomic E-state index is 13.6. The van der Waals surface area contributed by atoms with Gasteiger partial charge in [-0.1, -0.05) is 12.2 Å². The molecule has 18 heavy (non-hydrogen) atoms. The third kappa shape index (κ3) is 1.65. The fraction of sp³-hybridized carbons (Fsp3) is 0.286. The average molecular weight is 243 g/mol. The van der Waals surface area contributed by atoms with Crippen LogP contribution < -0.4 is 0 Å². The van der Waals surface area contributed by atoms with E-state index in [0.29, 0.717) is 5.65 Å². The third-order valence-electron chi connectivity index (χ3n) is 3.32. The Morgan fingerprint density at radius 2 is 2.17 bits per heavy atom. The Labute approximate surface area is 105 Å². The molecule has 1 aliphatic rings. The first-order chi connectivity index (χ1) is 8.66. The Hall–Kier alpha value is -1.97. The number of allylic oxidation sites excluding steroid dienone is 4. The van der Waals surface area contributed by atoms with E-state index in [4.69, 9.17) is 0 Å². The van der Waals surface area contributed by atoms with Crippen molar-refractivity contribution < 1.29 is 4.39 Å². The van der Waals surface area contributed by atoms with Gasteiger partial charge in [0.1, 0.15) is 0 Å². The van der Waals surface area contributed by atoms with Gasteiger partial charge in [-0.25, -0.2) is 13.9 Å². The molecule has 2 aromatic heterocycles. The topological polar surface area (TPSA) is 30.2 Å². The molecule has 0 radical (unpaired) electrons. The van der Waals surface area contributed by atoms with Crippen molar-refractivity contribution in [3.63, 3.8) is 0 Å². The number of halogens is 1. The summed E-state index contributed by atoms with van der Waals surface area (Å²) in [6.45, 7) is 3.98. The lowest BCUT2D eigenvalue weighted by Gasteiger charge is -2.13. The molecule has 0 fully saturated rings. The molecule has 0 unspecified atom stereocenters. The molecule has 3 rings (SSSR count). The molecule has 92 valence electrons. The summed E-state index contributed by atoms with van der Waals surface area (Å²) in [5.74, 6) is -0.371. The monoisotopic (exact) mass is 243 g/mol. The van der Waals surface area contributed by atoms with Gasteiger partial charge in [0.15, 0.2) is 11.5 Å². The molecule has 4 heteroatoms. The van der Waals surface area contributed by atoms with Gasteiger partial charge in [0.05, 0.1) is 11.9 Å². The van der Waals surface area contributed by atoms with Gasteiger partial charge in [0.2, 0.25) is 0 Å². The third-order valence-corrected chi connectivity index (χ3v) is 3.32. The summed E-state index contributed by atoms with van der Waals surface area (Å²) in [4.78, 5) is 4.40. The number of nitrogens with zero attached hydrogens (tertiary/aromatic N) is 3. The fourth-order valence-corrected chi connectivity index (χ4v) is 2.36. The van der Waals surface area contributed by atoms with E-state index in [1.54, 1.807) is 0 Å². The number of fused-ring (bicyclic) bond motifs is 1. The molecule has 0 saturated carbocycles. The van der Waals surface area contributed by atoms with Crippen LogP contribution in [0, 0.1) is 12.7 Å². The molecule has 1 aliphatic carbocycles. The predicted molar refractivity (Wildman–Crippen MR) is 68.7 cm³/mol. The van der Waals surface area contributed by atoms with Crippen LogP contribution in [0.2, 0.25) is 0 Å². The second-order valence-electron chi connectivity index (χ2n) is 4.61. The highest BCUT2D eigenvalue weighted by atomic mass is 19.1. The van der Waals surface area contributed by atoms with Crippen LogP contribution >= 0.6 is 0 Å². The van der Waals surface area contributed by atoms with Gasteiger partial charge in [-0.15, -0.1) is 0 Å². The summed E-state index contributed by atoms with van der Waals surface area (Å²) in [6.07, 6.45) is 7.44. The first-order valence-electron chi connectivity index (χ1n) is 6.04. The normalized spacial score (nSPS) is 15.7. The molecule has 0 bridgehead atoms. The smallest absolute Gasteiger partial charge is 0.192 e. The van der Waals surface area contributed by atoms with E-state index in [1.807, 2.05) is 13.0 Å². The van der Waals surface area contributed by atoms with Crippen molar-refractivity contribution in [2.24, 2.45) is 0 Å². The zero-order valence-electron chi connectivity index (χ0n) is 10.4. The Bertz CT molecular complexity index is 680. The Balaban J connectivity index is 2.24. The molecule has 2 aromatic rings. The van der Waals surface area contributed by atoms with Crippen LogP contribution in [0.4, 0.5) is 4.39 Å². The largest absolute Gasteiger partial charge is 0.226 e. The minimum atomic E-state index is -0.371. The van der Waals surface area contributed by atoms with Gasteiger partial charge in [0.25, 0.3) is 0 Å². The molecule has 2 heterocycles. The molecule has 0 N–H and O–H groups in total. The second-order valence-corrected chi connectivity index (χ2v) is 4.61. The summed E-state index contributed by atoms with van der Waals surface area (Å²) in [5.41, 5.74) is 4.47. The number of rotatable bonds is 1. The first-order valence-corrected chi connectivity index (χ1v) is 6.04. The van der Waals surface area contributed by atoms with E-state index in [9.17, 15) is 4.39 Å². The number of aryl methyl sites for hydroxylation is 1. The fourth-order valence-electron chi connectivity index (χ4n) is 2.36. The number of aromatic nitrogens is 3. The standard InChI is InChI=1S/C14H14FN3/c1-9-5-3-4-6-11(9)13-7-10(2)18-14(17-13)12(15)8-16-18/h3,5,7-8H,4,6H2,1-2H3. The van der Waals surface area contributed by atoms with Crippen LogP contribution in [-0.2, 0) is 0 Å². The minimum absolute atomic E-state index is 0.305. The van der Waals surface area contributed by atoms with Gasteiger partial charge in [0, 0.05) is 5.69 Å². The molecular formula is C14H14FN3. The van der Waals surface area contributed by atoms with Gasteiger partial charge < -0.3 is 0 Å². The van der Waals surface area contributed by atoms with Crippen LogP contribution in [0.25, 0.3) is 11.2 Å².